The molecule has 2 amide bonds. The smallest absolute Gasteiger partial charge is 0.407 e. The van der Waals surface area contributed by atoms with E-state index in [0.29, 0.717) is 11.1 Å². The second-order valence-corrected chi connectivity index (χ2v) is 15.4. The topological polar surface area (TPSA) is 168 Å². The fourth-order valence-corrected chi connectivity index (χ4v) is 8.40. The van der Waals surface area contributed by atoms with E-state index >= 15 is 0 Å². The molecule has 2 atom stereocenters. The number of nitrogens with zero attached hydrogens (tertiary/aromatic N) is 2. The van der Waals surface area contributed by atoms with Gasteiger partial charge in [-0.05, 0) is 69.2 Å². The quantitative estimate of drug-likeness (QED) is 0.104. The summed E-state index contributed by atoms with van der Waals surface area (Å²) in [7, 11) is 2.19. The zero-order chi connectivity index (χ0) is 36.2. The van der Waals surface area contributed by atoms with Crippen molar-refractivity contribution in [3.63, 3.8) is 0 Å². The highest BCUT2D eigenvalue weighted by molar-refractivity contribution is 7.65. The van der Waals surface area contributed by atoms with E-state index in [2.05, 4.69) is 94.6 Å². The number of aromatic amines is 2. The first kappa shape index (κ1) is 34.9. The summed E-state index contributed by atoms with van der Waals surface area (Å²) in [4.78, 5) is 63.7. The summed E-state index contributed by atoms with van der Waals surface area (Å²) in [6.07, 6.45) is 0.746. The Bertz CT molecular complexity index is 2490. The molecule has 0 aliphatic heterocycles. The summed E-state index contributed by atoms with van der Waals surface area (Å²) in [5.41, 5.74) is 7.73. The van der Waals surface area contributed by atoms with Gasteiger partial charge in [0.25, 0.3) is 0 Å². The van der Waals surface area contributed by atoms with Gasteiger partial charge in [0.1, 0.15) is 11.1 Å². The predicted molar refractivity (Wildman–Crippen MR) is 209 cm³/mol. The molecule has 0 aliphatic rings. The number of aromatic nitrogens is 4. The molecule has 7 rings (SSSR count). The van der Waals surface area contributed by atoms with Gasteiger partial charge in [0.2, 0.25) is 0 Å². The maximum Gasteiger partial charge on any atom is 0.407 e. The Kier molecular flexibility index (Phi) is 10.4. The molecule has 262 valence electrons. The second-order valence-electron chi connectivity index (χ2n) is 11.7. The summed E-state index contributed by atoms with van der Waals surface area (Å²) < 4.78 is 10.2. The maximum absolute atomic E-state index is 12.3. The lowest BCUT2D eigenvalue weighted by atomic mass is 9.99. The number of ether oxygens (including phenoxy) is 2. The van der Waals surface area contributed by atoms with Gasteiger partial charge in [0.05, 0.1) is 43.7 Å². The normalized spacial score (nSPS) is 11.7. The molecule has 0 radical (unpaired) electrons. The number of imidazole rings is 2. The number of alkyl carbamates (subject to hydrolysis) is 2. The molecule has 3 aromatic heterocycles. The van der Waals surface area contributed by atoms with Gasteiger partial charge in [0, 0.05) is 45.3 Å². The Morgan fingerprint density at radius 3 is 2.17 bits per heavy atom. The summed E-state index contributed by atoms with van der Waals surface area (Å²) >= 11 is 1.72. The van der Waals surface area contributed by atoms with Crippen molar-refractivity contribution in [2.45, 2.75) is 6.42 Å². The highest BCUT2D eigenvalue weighted by Gasteiger charge is 2.14. The zero-order valence-electron chi connectivity index (χ0n) is 28.0. The average Bonchev–Trinajstić information content (AvgIpc) is 3.91. The molecule has 0 aliphatic carbocycles. The number of nitrogens with one attached hydrogen (secondary N) is 4. The Hall–Kier alpha value is -5.48. The summed E-state index contributed by atoms with van der Waals surface area (Å²) in [5, 5.41) is 8.27. The van der Waals surface area contributed by atoms with E-state index in [4.69, 9.17) is 0 Å². The van der Waals surface area contributed by atoms with Crippen LogP contribution in [-0.2, 0) is 19.1 Å². The minimum Gasteiger partial charge on any atom is -0.453 e. The van der Waals surface area contributed by atoms with Crippen LogP contribution in [0.2, 0.25) is 0 Å². The van der Waals surface area contributed by atoms with E-state index in [-0.39, 0.29) is 47.7 Å². The molecular weight excluding hydrogens is 718 g/mol. The Morgan fingerprint density at radius 2 is 1.38 bits per heavy atom. The molecule has 3 heterocycles. The fourth-order valence-electron chi connectivity index (χ4n) is 5.65. The fraction of sp³-hybridized carbons (Fsp3) is 0.135. The molecule has 0 saturated heterocycles. The van der Waals surface area contributed by atoms with Crippen LogP contribution in [0.3, 0.4) is 0 Å². The number of H-pyrrole nitrogens is 2. The molecule has 7 aromatic rings. The highest BCUT2D eigenvalue weighted by atomic mass is 32.1. The molecule has 0 fully saturated rings. The van der Waals surface area contributed by atoms with E-state index < -0.39 is 12.2 Å². The standard InChI is InChI=1S/C37H32N6O6P2S/c1-48-36(46)38-12-11-32(44)50-34-39-18-29(43-34)24-7-5-20-13-21(3-4-22(20)14-24)23-6-8-26-17-31(52-30(26)16-23)25-9-10-27-28(15-25)42-35(41-27)51-33(45)19-40-37(47)49-2/h3-10,13-18,50-51H,11-12,19H2,1-2H3,(H,38,46)(H,39,43)(H,40,47)(H,41,42). The van der Waals surface area contributed by atoms with Crippen LogP contribution in [-0.4, -0.2) is 70.5 Å². The van der Waals surface area contributed by atoms with Crippen LogP contribution in [0.25, 0.3) is 64.7 Å². The summed E-state index contributed by atoms with van der Waals surface area (Å²) in [5.74, 6) is 0. The van der Waals surface area contributed by atoms with Crippen LogP contribution < -0.4 is 21.8 Å². The van der Waals surface area contributed by atoms with Crippen molar-refractivity contribution in [3.8, 4) is 32.8 Å². The number of thiophene rings is 1. The number of hydrogen-bond acceptors (Lipinski definition) is 9. The van der Waals surface area contributed by atoms with Crippen LogP contribution in [0, 0.1) is 0 Å². The number of fused-ring (bicyclic) bond motifs is 3. The van der Waals surface area contributed by atoms with Crippen LogP contribution >= 0.6 is 28.5 Å². The largest absolute Gasteiger partial charge is 0.453 e. The Labute approximate surface area is 304 Å². The first-order chi connectivity index (χ1) is 25.2. The van der Waals surface area contributed by atoms with Gasteiger partial charge in [-0.15, -0.1) is 11.3 Å². The number of hydrogen-bond donors (Lipinski definition) is 4. The Morgan fingerprint density at radius 1 is 0.712 bits per heavy atom. The lowest BCUT2D eigenvalue weighted by Crippen LogP contribution is -2.28. The van der Waals surface area contributed by atoms with Gasteiger partial charge in [-0.25, -0.2) is 19.6 Å². The average molecular weight is 751 g/mol. The molecule has 0 bridgehead atoms. The van der Waals surface area contributed by atoms with Crippen molar-refractivity contribution in [2.24, 2.45) is 0 Å². The predicted octanol–water partition coefficient (Wildman–Crippen LogP) is 6.42. The number of methoxy groups -OCH3 is 2. The van der Waals surface area contributed by atoms with Crippen molar-refractivity contribution < 1.29 is 28.7 Å². The van der Waals surface area contributed by atoms with E-state index in [9.17, 15) is 19.2 Å². The number of amides is 2. The van der Waals surface area contributed by atoms with Crippen LogP contribution in [0.5, 0.6) is 0 Å². The van der Waals surface area contributed by atoms with E-state index in [1.807, 2.05) is 24.3 Å². The molecular formula is C37H32N6O6P2S. The first-order valence-electron chi connectivity index (χ1n) is 16.1. The third kappa shape index (κ3) is 8.02. The Balaban J connectivity index is 1.03. The maximum atomic E-state index is 12.3. The number of benzene rings is 4. The van der Waals surface area contributed by atoms with Crippen LogP contribution in [0.1, 0.15) is 6.42 Å². The third-order valence-corrected chi connectivity index (χ3v) is 11.3. The molecule has 12 nitrogen and oxygen atoms in total. The van der Waals surface area contributed by atoms with Gasteiger partial charge in [0.15, 0.2) is 11.0 Å². The van der Waals surface area contributed by atoms with Crippen LogP contribution in [0.15, 0.2) is 85.1 Å². The van der Waals surface area contributed by atoms with E-state index in [1.54, 1.807) is 17.5 Å². The third-order valence-electron chi connectivity index (χ3n) is 8.25. The first-order valence-corrected chi connectivity index (χ1v) is 18.9. The van der Waals surface area contributed by atoms with E-state index in [1.165, 1.54) is 18.9 Å². The lowest BCUT2D eigenvalue weighted by molar-refractivity contribution is -0.111. The number of rotatable bonds is 12. The highest BCUT2D eigenvalue weighted by Crippen LogP contribution is 2.37. The van der Waals surface area contributed by atoms with Gasteiger partial charge in [-0.2, -0.15) is 0 Å². The molecule has 0 spiro atoms. The summed E-state index contributed by atoms with van der Waals surface area (Å²) in [6, 6.07) is 27.4. The van der Waals surface area contributed by atoms with Crippen molar-refractivity contribution in [3.05, 3.63) is 85.1 Å². The monoisotopic (exact) mass is 750 g/mol. The lowest BCUT2D eigenvalue weighted by Gasteiger charge is -2.06. The second kappa shape index (κ2) is 15.4. The summed E-state index contributed by atoms with van der Waals surface area (Å²) in [6.45, 7) is 0.108. The minimum absolute atomic E-state index is 0.00910. The minimum atomic E-state index is -0.644. The molecule has 4 N–H and O–H groups in total. The van der Waals surface area contributed by atoms with Gasteiger partial charge >= 0.3 is 12.2 Å². The van der Waals surface area contributed by atoms with Crippen LogP contribution in [0.4, 0.5) is 9.59 Å². The molecule has 0 saturated carbocycles. The van der Waals surface area contributed by atoms with Gasteiger partial charge in [-0.3, -0.25) is 9.59 Å². The molecule has 4 aromatic carbocycles. The SMILES string of the molecule is COC(=O)NCCC(=O)Pc1ncc(-c2ccc3cc(-c4ccc5cc(-c6ccc7nc(PC(=O)CNC(=O)OC)[nH]c7c6)sc5c4)ccc3c2)[nH]1. The van der Waals surface area contributed by atoms with Gasteiger partial charge in [-0.1, -0.05) is 42.5 Å². The number of carbonyl (C=O) groups is 4. The molecule has 2 unspecified atom stereocenters. The van der Waals surface area contributed by atoms with Gasteiger partial charge < -0.3 is 30.1 Å². The van der Waals surface area contributed by atoms with Crippen molar-refractivity contribution in [1.29, 1.82) is 0 Å². The zero-order valence-corrected chi connectivity index (χ0v) is 30.8. The van der Waals surface area contributed by atoms with E-state index in [0.717, 1.165) is 60.0 Å². The van der Waals surface area contributed by atoms with Crippen molar-refractivity contribution in [1.82, 2.24) is 30.6 Å². The molecule has 15 heteroatoms. The molecule has 52 heavy (non-hydrogen) atoms. The number of carbonyl (C=O) groups excluding carboxylic acids is 4. The van der Waals surface area contributed by atoms with Crippen molar-refractivity contribution in [2.75, 3.05) is 27.3 Å². The van der Waals surface area contributed by atoms with Crippen molar-refractivity contribution >= 4 is 94.8 Å².